The number of rotatable bonds is 4. The molecule has 1 unspecified atom stereocenters. The van der Waals surface area contributed by atoms with E-state index in [9.17, 15) is 19.5 Å². The van der Waals surface area contributed by atoms with Crippen molar-refractivity contribution in [1.29, 1.82) is 0 Å². The smallest absolute Gasteiger partial charge is 0.309 e. The number of esters is 1. The first kappa shape index (κ1) is 22.6. The molecule has 2 N–H and O–H groups in total. The minimum absolute atomic E-state index is 0.00823. The lowest BCUT2D eigenvalue weighted by molar-refractivity contribution is -0.161. The van der Waals surface area contributed by atoms with E-state index < -0.39 is 11.2 Å². The number of anilines is 2. The third kappa shape index (κ3) is 4.75. The fourth-order valence-electron chi connectivity index (χ4n) is 5.03. The van der Waals surface area contributed by atoms with Gasteiger partial charge in [0.15, 0.2) is 0 Å². The molecule has 32 heavy (non-hydrogen) atoms. The van der Waals surface area contributed by atoms with Crippen LogP contribution in [0.3, 0.4) is 0 Å². The Labute approximate surface area is 188 Å². The zero-order valence-electron chi connectivity index (χ0n) is 19.1. The Bertz CT molecular complexity index is 915. The van der Waals surface area contributed by atoms with E-state index in [0.717, 1.165) is 24.3 Å². The number of nitrogens with one attached hydrogen (secondary N) is 1. The number of carbonyl (C=O) groups is 3. The van der Waals surface area contributed by atoms with Gasteiger partial charge in [0, 0.05) is 43.0 Å². The zero-order valence-corrected chi connectivity index (χ0v) is 19.1. The summed E-state index contributed by atoms with van der Waals surface area (Å²) in [6.45, 7) is 7.51. The number of nitrogens with zero attached hydrogens (tertiary/aromatic N) is 2. The van der Waals surface area contributed by atoms with Crippen molar-refractivity contribution in [2.75, 3.05) is 29.4 Å². The fraction of sp³-hybridized carbons (Fsp3) is 0.625. The molecule has 8 heteroatoms. The molecule has 174 valence electrons. The summed E-state index contributed by atoms with van der Waals surface area (Å²) in [5.41, 5.74) is 1.76. The summed E-state index contributed by atoms with van der Waals surface area (Å²) < 4.78 is 5.39. The summed E-state index contributed by atoms with van der Waals surface area (Å²) in [5.74, 6) is -0.787. The number of hydrogen-bond donors (Lipinski definition) is 2. The van der Waals surface area contributed by atoms with Gasteiger partial charge < -0.3 is 19.6 Å². The van der Waals surface area contributed by atoms with Gasteiger partial charge in [-0.3, -0.25) is 19.7 Å². The van der Waals surface area contributed by atoms with Gasteiger partial charge >= 0.3 is 5.97 Å². The maximum Gasteiger partial charge on any atom is 0.309 e. The molecule has 0 radical (unpaired) electrons. The highest BCUT2D eigenvalue weighted by Gasteiger charge is 2.39. The minimum Gasteiger partial charge on any atom is -0.460 e. The van der Waals surface area contributed by atoms with Crippen LogP contribution in [0.1, 0.15) is 58.4 Å². The van der Waals surface area contributed by atoms with E-state index in [1.807, 2.05) is 32.9 Å². The monoisotopic (exact) mass is 443 g/mol. The molecule has 4 rings (SSSR count). The molecule has 3 aliphatic heterocycles. The topological polar surface area (TPSA) is 99.2 Å². The first-order valence-electron chi connectivity index (χ1n) is 11.5. The van der Waals surface area contributed by atoms with Crippen molar-refractivity contribution in [1.82, 2.24) is 5.32 Å². The van der Waals surface area contributed by atoms with Gasteiger partial charge in [-0.15, -0.1) is 0 Å². The van der Waals surface area contributed by atoms with Crippen molar-refractivity contribution in [2.24, 2.45) is 0 Å². The van der Waals surface area contributed by atoms with E-state index in [2.05, 4.69) is 21.2 Å². The van der Waals surface area contributed by atoms with E-state index in [0.29, 0.717) is 38.8 Å². The van der Waals surface area contributed by atoms with Crippen LogP contribution in [0.5, 0.6) is 0 Å². The van der Waals surface area contributed by atoms with Crippen LogP contribution < -0.4 is 15.1 Å². The summed E-state index contributed by atoms with van der Waals surface area (Å²) >= 11 is 0. The highest BCUT2D eigenvalue weighted by atomic mass is 16.6. The molecule has 0 aliphatic carbocycles. The fourth-order valence-corrected chi connectivity index (χ4v) is 5.03. The predicted molar refractivity (Wildman–Crippen MR) is 121 cm³/mol. The van der Waals surface area contributed by atoms with Crippen LogP contribution >= 0.6 is 0 Å². The van der Waals surface area contributed by atoms with Crippen LogP contribution in [-0.4, -0.2) is 59.8 Å². The van der Waals surface area contributed by atoms with Crippen LogP contribution in [0.4, 0.5) is 11.4 Å². The molecule has 1 aromatic rings. The quantitative estimate of drug-likeness (QED) is 0.542. The average molecular weight is 444 g/mol. The van der Waals surface area contributed by atoms with Gasteiger partial charge in [-0.25, -0.2) is 0 Å². The van der Waals surface area contributed by atoms with Crippen LogP contribution in [-0.2, 0) is 25.5 Å². The van der Waals surface area contributed by atoms with Gasteiger partial charge in [-0.1, -0.05) is 6.07 Å². The molecule has 3 heterocycles. The molecule has 0 bridgehead atoms. The van der Waals surface area contributed by atoms with Gasteiger partial charge in [-0.05, 0) is 58.6 Å². The Balaban J connectivity index is 1.43. The molecule has 0 spiro atoms. The standard InChI is InChI=1S/C24H33N3O5/c1-23(2,3)32-21(29)15-24(31)10-13-26(14-11-24)17-5-4-6-18-16(17)9-12-27(18)19-7-8-20(28)25-22(19)30/h4-6,19,31H,7-15H2,1-3H3,(H,25,28,30). The first-order chi connectivity index (χ1) is 15.0. The number of hydrogen-bond acceptors (Lipinski definition) is 7. The molecule has 1 atom stereocenters. The number of imide groups is 1. The van der Waals surface area contributed by atoms with Crippen molar-refractivity contribution in [3.63, 3.8) is 0 Å². The Morgan fingerprint density at radius 1 is 1.16 bits per heavy atom. The Hall–Kier alpha value is -2.61. The van der Waals surface area contributed by atoms with E-state index in [1.54, 1.807) is 0 Å². The summed E-state index contributed by atoms with van der Waals surface area (Å²) in [5, 5.41) is 13.4. The molecule has 8 nitrogen and oxygen atoms in total. The highest BCUT2D eigenvalue weighted by molar-refractivity contribution is 6.02. The second-order valence-electron chi connectivity index (χ2n) is 10.2. The maximum atomic E-state index is 12.4. The molecule has 3 aliphatic rings. The van der Waals surface area contributed by atoms with Crippen LogP contribution in [0.2, 0.25) is 0 Å². The molecular weight excluding hydrogens is 410 g/mol. The Morgan fingerprint density at radius 3 is 2.50 bits per heavy atom. The number of ether oxygens (including phenoxy) is 1. The first-order valence-corrected chi connectivity index (χ1v) is 11.5. The molecule has 2 saturated heterocycles. The van der Waals surface area contributed by atoms with Crippen molar-refractivity contribution >= 4 is 29.2 Å². The lowest BCUT2D eigenvalue weighted by Gasteiger charge is -2.40. The van der Waals surface area contributed by atoms with E-state index >= 15 is 0 Å². The summed E-state index contributed by atoms with van der Waals surface area (Å²) in [6.07, 6.45) is 2.73. The van der Waals surface area contributed by atoms with Gasteiger partial charge in [-0.2, -0.15) is 0 Å². The zero-order chi connectivity index (χ0) is 23.1. The van der Waals surface area contributed by atoms with E-state index in [-0.39, 0.29) is 30.2 Å². The number of amides is 2. The number of fused-ring (bicyclic) bond motifs is 1. The highest BCUT2D eigenvalue weighted by Crippen LogP contribution is 2.39. The normalized spacial score (nSPS) is 23.1. The molecule has 2 fully saturated rings. The van der Waals surface area contributed by atoms with Crippen molar-refractivity contribution in [3.8, 4) is 0 Å². The average Bonchev–Trinajstić information content (AvgIpc) is 3.11. The summed E-state index contributed by atoms with van der Waals surface area (Å²) in [4.78, 5) is 40.5. The Kier molecular flexibility index (Phi) is 5.92. The van der Waals surface area contributed by atoms with Crippen LogP contribution in [0.15, 0.2) is 18.2 Å². The number of benzene rings is 1. The van der Waals surface area contributed by atoms with Crippen molar-refractivity contribution < 1.29 is 24.2 Å². The van der Waals surface area contributed by atoms with Gasteiger partial charge in [0.25, 0.3) is 0 Å². The number of piperidine rings is 2. The second-order valence-corrected chi connectivity index (χ2v) is 10.2. The lowest BCUT2D eigenvalue weighted by Crippen LogP contribution is -2.52. The predicted octanol–water partition coefficient (Wildman–Crippen LogP) is 1.92. The third-order valence-electron chi connectivity index (χ3n) is 6.55. The number of aliphatic hydroxyl groups is 1. The lowest BCUT2D eigenvalue weighted by atomic mass is 9.87. The second kappa shape index (κ2) is 8.39. The summed E-state index contributed by atoms with van der Waals surface area (Å²) in [7, 11) is 0. The molecule has 0 saturated carbocycles. The minimum atomic E-state index is -1.05. The van der Waals surface area contributed by atoms with Gasteiger partial charge in [0.2, 0.25) is 11.8 Å². The number of carbonyl (C=O) groups excluding carboxylic acids is 3. The largest absolute Gasteiger partial charge is 0.460 e. The third-order valence-corrected chi connectivity index (χ3v) is 6.55. The van der Waals surface area contributed by atoms with E-state index in [4.69, 9.17) is 4.74 Å². The van der Waals surface area contributed by atoms with Crippen molar-refractivity contribution in [3.05, 3.63) is 23.8 Å². The van der Waals surface area contributed by atoms with Gasteiger partial charge in [0.05, 0.1) is 12.0 Å². The van der Waals surface area contributed by atoms with E-state index in [1.165, 1.54) is 5.56 Å². The Morgan fingerprint density at radius 2 is 1.84 bits per heavy atom. The molecular formula is C24H33N3O5. The molecule has 1 aromatic carbocycles. The van der Waals surface area contributed by atoms with Gasteiger partial charge in [0.1, 0.15) is 11.6 Å². The molecule has 0 aromatic heterocycles. The SMILES string of the molecule is CC(C)(C)OC(=O)CC1(O)CCN(c2cccc3c2CCN3C2CCC(=O)NC2=O)CC1. The van der Waals surface area contributed by atoms with Crippen LogP contribution in [0, 0.1) is 0 Å². The van der Waals surface area contributed by atoms with Crippen molar-refractivity contribution in [2.45, 2.75) is 76.5 Å². The van der Waals surface area contributed by atoms with Crippen LogP contribution in [0.25, 0.3) is 0 Å². The summed E-state index contributed by atoms with van der Waals surface area (Å²) in [6, 6.07) is 5.81. The maximum absolute atomic E-state index is 12.4. The molecule has 2 amide bonds.